The summed E-state index contributed by atoms with van der Waals surface area (Å²) < 4.78 is 1.70. The summed E-state index contributed by atoms with van der Waals surface area (Å²) in [7, 11) is 0. The number of pyridine rings is 1. The first-order valence-electron chi connectivity index (χ1n) is 8.48. The summed E-state index contributed by atoms with van der Waals surface area (Å²) in [4.78, 5) is 22.4. The molecule has 0 aliphatic carbocycles. The lowest BCUT2D eigenvalue weighted by Crippen LogP contribution is -2.24. The Hall–Kier alpha value is -3.32. The maximum Gasteiger partial charge on any atom is 0.291 e. The van der Waals surface area contributed by atoms with Crippen LogP contribution < -0.4 is 5.32 Å². The van der Waals surface area contributed by atoms with Crippen LogP contribution in [-0.2, 0) is 6.54 Å². The fourth-order valence-corrected chi connectivity index (χ4v) is 3.37. The van der Waals surface area contributed by atoms with Gasteiger partial charge in [0.2, 0.25) is 5.82 Å². The SMILES string of the molecule is Cc1cccc(CNC(=O)c2nc(-c3cccs3)n(-c3ccccc3)n2)n1. The molecule has 0 spiro atoms. The minimum Gasteiger partial charge on any atom is -0.344 e. The fraction of sp³-hybridized carbons (Fsp3) is 0.100. The van der Waals surface area contributed by atoms with Gasteiger partial charge in [-0.3, -0.25) is 9.78 Å². The summed E-state index contributed by atoms with van der Waals surface area (Å²) in [6, 6.07) is 19.3. The molecule has 3 aromatic heterocycles. The van der Waals surface area contributed by atoms with E-state index in [1.807, 2.05) is 73.0 Å². The zero-order valence-corrected chi connectivity index (χ0v) is 15.5. The van der Waals surface area contributed by atoms with Crippen LogP contribution in [0.15, 0.2) is 66.0 Å². The van der Waals surface area contributed by atoms with Crippen molar-refractivity contribution in [2.24, 2.45) is 0 Å². The van der Waals surface area contributed by atoms with E-state index in [0.29, 0.717) is 12.4 Å². The lowest BCUT2D eigenvalue weighted by molar-refractivity contribution is 0.0940. The highest BCUT2D eigenvalue weighted by Gasteiger charge is 2.19. The Labute approximate surface area is 160 Å². The van der Waals surface area contributed by atoms with Crippen molar-refractivity contribution in [3.8, 4) is 16.4 Å². The third kappa shape index (κ3) is 3.78. The van der Waals surface area contributed by atoms with E-state index >= 15 is 0 Å². The van der Waals surface area contributed by atoms with Gasteiger partial charge in [0, 0.05) is 5.69 Å². The second-order valence-electron chi connectivity index (χ2n) is 5.94. The minimum atomic E-state index is -0.328. The van der Waals surface area contributed by atoms with Crippen LogP contribution in [0, 0.1) is 6.92 Å². The highest BCUT2D eigenvalue weighted by atomic mass is 32.1. The first-order chi connectivity index (χ1) is 13.2. The molecule has 134 valence electrons. The van der Waals surface area contributed by atoms with Crippen molar-refractivity contribution in [3.05, 3.63) is 83.3 Å². The standard InChI is InChI=1S/C20H17N5OS/c1-14-7-5-8-15(22-14)13-21-20(26)18-23-19(17-11-6-12-27-17)25(24-18)16-9-3-2-4-10-16/h2-12H,13H2,1H3,(H,21,26). The highest BCUT2D eigenvalue weighted by molar-refractivity contribution is 7.13. The molecule has 0 saturated carbocycles. The van der Waals surface area contributed by atoms with Crippen LogP contribution in [0.3, 0.4) is 0 Å². The number of hydrogen-bond donors (Lipinski definition) is 1. The van der Waals surface area contributed by atoms with E-state index in [1.54, 1.807) is 16.0 Å². The van der Waals surface area contributed by atoms with Gasteiger partial charge < -0.3 is 5.32 Å². The summed E-state index contributed by atoms with van der Waals surface area (Å²) in [5.74, 6) is 0.454. The Kier molecular flexibility index (Phi) is 4.76. The third-order valence-electron chi connectivity index (χ3n) is 3.93. The second-order valence-corrected chi connectivity index (χ2v) is 6.88. The molecule has 0 saturated heterocycles. The van der Waals surface area contributed by atoms with Crippen LogP contribution >= 0.6 is 11.3 Å². The maximum absolute atomic E-state index is 12.6. The highest BCUT2D eigenvalue weighted by Crippen LogP contribution is 2.25. The molecule has 0 aliphatic rings. The molecule has 0 atom stereocenters. The van der Waals surface area contributed by atoms with Crippen LogP contribution in [0.2, 0.25) is 0 Å². The number of aryl methyl sites for hydroxylation is 1. The van der Waals surface area contributed by atoms with E-state index in [9.17, 15) is 4.79 Å². The average Bonchev–Trinajstić information content (AvgIpc) is 3.36. The largest absolute Gasteiger partial charge is 0.344 e. The molecule has 0 bridgehead atoms. The number of nitrogens with one attached hydrogen (secondary N) is 1. The van der Waals surface area contributed by atoms with Crippen molar-refractivity contribution in [2.75, 3.05) is 0 Å². The molecule has 6 nitrogen and oxygen atoms in total. The molecular formula is C20H17N5OS. The Bertz CT molecular complexity index is 1060. The molecule has 7 heteroatoms. The monoisotopic (exact) mass is 375 g/mol. The minimum absolute atomic E-state index is 0.134. The summed E-state index contributed by atoms with van der Waals surface area (Å²) in [5, 5.41) is 9.26. The molecule has 0 fully saturated rings. The topological polar surface area (TPSA) is 72.7 Å². The number of para-hydroxylation sites is 1. The zero-order chi connectivity index (χ0) is 18.6. The smallest absolute Gasteiger partial charge is 0.291 e. The van der Waals surface area contributed by atoms with Crippen molar-refractivity contribution < 1.29 is 4.79 Å². The van der Waals surface area contributed by atoms with Gasteiger partial charge in [0.25, 0.3) is 5.91 Å². The van der Waals surface area contributed by atoms with Gasteiger partial charge in [0.05, 0.1) is 22.8 Å². The predicted molar refractivity (Wildman–Crippen MR) is 105 cm³/mol. The van der Waals surface area contributed by atoms with Crippen LogP contribution in [0.25, 0.3) is 16.4 Å². The van der Waals surface area contributed by atoms with Crippen LogP contribution in [0.4, 0.5) is 0 Å². The van der Waals surface area contributed by atoms with Gasteiger partial charge in [0.15, 0.2) is 5.82 Å². The zero-order valence-electron chi connectivity index (χ0n) is 14.7. The van der Waals surface area contributed by atoms with Crippen molar-refractivity contribution in [1.29, 1.82) is 0 Å². The summed E-state index contributed by atoms with van der Waals surface area (Å²) in [5.41, 5.74) is 2.56. The number of carbonyl (C=O) groups is 1. The first-order valence-corrected chi connectivity index (χ1v) is 9.36. The number of nitrogens with zero attached hydrogens (tertiary/aromatic N) is 4. The average molecular weight is 375 g/mol. The molecule has 1 aromatic carbocycles. The van der Waals surface area contributed by atoms with Gasteiger partial charge in [-0.1, -0.05) is 30.3 Å². The molecule has 4 rings (SSSR count). The normalized spacial score (nSPS) is 10.7. The van der Waals surface area contributed by atoms with E-state index in [0.717, 1.165) is 22.0 Å². The Morgan fingerprint density at radius 2 is 1.89 bits per heavy atom. The van der Waals surface area contributed by atoms with Crippen molar-refractivity contribution in [3.63, 3.8) is 0 Å². The molecule has 1 N–H and O–H groups in total. The van der Waals surface area contributed by atoms with Gasteiger partial charge in [-0.2, -0.15) is 0 Å². The molecule has 27 heavy (non-hydrogen) atoms. The number of rotatable bonds is 5. The van der Waals surface area contributed by atoms with Crippen LogP contribution in [0.5, 0.6) is 0 Å². The quantitative estimate of drug-likeness (QED) is 0.578. The lowest BCUT2D eigenvalue weighted by Gasteiger charge is -2.03. The Balaban J connectivity index is 1.62. The maximum atomic E-state index is 12.6. The molecule has 0 aliphatic heterocycles. The van der Waals surface area contributed by atoms with Gasteiger partial charge in [-0.15, -0.1) is 16.4 Å². The number of thiophene rings is 1. The van der Waals surface area contributed by atoms with Gasteiger partial charge in [-0.25, -0.2) is 9.67 Å². The fourth-order valence-electron chi connectivity index (χ4n) is 2.67. The molecule has 0 radical (unpaired) electrons. The number of benzene rings is 1. The molecular weight excluding hydrogens is 358 g/mol. The third-order valence-corrected chi connectivity index (χ3v) is 4.79. The predicted octanol–water partition coefficient (Wildman–Crippen LogP) is 3.63. The van der Waals surface area contributed by atoms with E-state index in [4.69, 9.17) is 0 Å². The second kappa shape index (κ2) is 7.51. The van der Waals surface area contributed by atoms with Gasteiger partial charge in [0.1, 0.15) is 0 Å². The first kappa shape index (κ1) is 17.1. The van der Waals surface area contributed by atoms with Gasteiger partial charge in [-0.05, 0) is 42.6 Å². The Morgan fingerprint density at radius 1 is 1.04 bits per heavy atom. The molecule has 4 aromatic rings. The summed E-state index contributed by atoms with van der Waals surface area (Å²) in [6.07, 6.45) is 0. The number of amides is 1. The van der Waals surface area contributed by atoms with E-state index < -0.39 is 0 Å². The number of hydrogen-bond acceptors (Lipinski definition) is 5. The number of carbonyl (C=O) groups excluding carboxylic acids is 1. The summed E-state index contributed by atoms with van der Waals surface area (Å²) >= 11 is 1.56. The van der Waals surface area contributed by atoms with Crippen molar-refractivity contribution >= 4 is 17.2 Å². The molecule has 0 unspecified atom stereocenters. The lowest BCUT2D eigenvalue weighted by atomic mass is 10.3. The van der Waals surface area contributed by atoms with Crippen LogP contribution in [0.1, 0.15) is 22.0 Å². The van der Waals surface area contributed by atoms with Crippen LogP contribution in [-0.4, -0.2) is 25.7 Å². The van der Waals surface area contributed by atoms with E-state index in [1.165, 1.54) is 0 Å². The van der Waals surface area contributed by atoms with Crippen molar-refractivity contribution in [2.45, 2.75) is 13.5 Å². The van der Waals surface area contributed by atoms with Gasteiger partial charge >= 0.3 is 0 Å². The molecule has 3 heterocycles. The summed E-state index contributed by atoms with van der Waals surface area (Å²) in [6.45, 7) is 2.25. The Morgan fingerprint density at radius 3 is 2.63 bits per heavy atom. The van der Waals surface area contributed by atoms with E-state index in [-0.39, 0.29) is 11.7 Å². The molecule has 1 amide bonds. The number of aromatic nitrogens is 4. The van der Waals surface area contributed by atoms with E-state index in [2.05, 4.69) is 20.4 Å². The van der Waals surface area contributed by atoms with Crippen molar-refractivity contribution in [1.82, 2.24) is 25.1 Å².